The van der Waals surface area contributed by atoms with E-state index in [0.717, 1.165) is 10.2 Å². The van der Waals surface area contributed by atoms with Crippen LogP contribution in [0.4, 0.5) is 11.7 Å². The van der Waals surface area contributed by atoms with Crippen molar-refractivity contribution in [3.05, 3.63) is 34.1 Å². The normalized spacial score (nSPS) is 14.6. The summed E-state index contributed by atoms with van der Waals surface area (Å²) in [6.07, 6.45) is 2.49. The molecule has 0 amide bonds. The maximum Gasteiger partial charge on any atom is 0.320 e. The van der Waals surface area contributed by atoms with Gasteiger partial charge in [0.15, 0.2) is 0 Å². The predicted octanol–water partition coefficient (Wildman–Crippen LogP) is 3.14. The molecular formula is C13H15BrN4O. The molecule has 1 saturated carbocycles. The second kappa shape index (κ2) is 5.30. The van der Waals surface area contributed by atoms with Crippen molar-refractivity contribution in [2.45, 2.75) is 32.4 Å². The summed E-state index contributed by atoms with van der Waals surface area (Å²) in [5.41, 5.74) is 2.10. The summed E-state index contributed by atoms with van der Waals surface area (Å²) < 4.78 is 6.51. The van der Waals surface area contributed by atoms with Crippen LogP contribution >= 0.6 is 15.9 Å². The molecule has 0 atom stereocenters. The molecule has 2 aromatic rings. The van der Waals surface area contributed by atoms with Gasteiger partial charge in [0.25, 0.3) is 0 Å². The molecule has 1 heterocycles. The van der Waals surface area contributed by atoms with Crippen LogP contribution in [0.1, 0.15) is 24.3 Å². The third-order valence-electron chi connectivity index (χ3n) is 2.95. The zero-order valence-electron chi connectivity index (χ0n) is 10.6. The highest BCUT2D eigenvalue weighted by molar-refractivity contribution is 9.10. The van der Waals surface area contributed by atoms with E-state index >= 15 is 0 Å². The van der Waals surface area contributed by atoms with Crippen LogP contribution in [0.15, 0.2) is 27.1 Å². The van der Waals surface area contributed by atoms with Crippen molar-refractivity contribution in [2.24, 2.45) is 0 Å². The number of halogens is 1. The molecule has 5 nitrogen and oxygen atoms in total. The van der Waals surface area contributed by atoms with Crippen LogP contribution in [0.2, 0.25) is 0 Å². The van der Waals surface area contributed by atoms with Crippen molar-refractivity contribution in [3.63, 3.8) is 0 Å². The fourth-order valence-electron chi connectivity index (χ4n) is 1.73. The van der Waals surface area contributed by atoms with Crippen LogP contribution in [0, 0.1) is 6.92 Å². The zero-order chi connectivity index (χ0) is 13.2. The molecular weight excluding hydrogens is 308 g/mol. The number of rotatable bonds is 5. The summed E-state index contributed by atoms with van der Waals surface area (Å²) in [7, 11) is 0. The van der Waals surface area contributed by atoms with Crippen molar-refractivity contribution < 1.29 is 4.42 Å². The molecule has 1 fully saturated rings. The Morgan fingerprint density at radius 1 is 1.37 bits per heavy atom. The van der Waals surface area contributed by atoms with E-state index in [1.165, 1.54) is 18.4 Å². The summed E-state index contributed by atoms with van der Waals surface area (Å²) in [6.45, 7) is 2.68. The summed E-state index contributed by atoms with van der Waals surface area (Å²) in [4.78, 5) is 0. The SMILES string of the molecule is Cc1ccc(Nc2nnc(CNC3CC3)o2)c(Br)c1. The van der Waals surface area contributed by atoms with E-state index in [4.69, 9.17) is 4.42 Å². The summed E-state index contributed by atoms with van der Waals surface area (Å²) in [5, 5.41) is 14.4. The predicted molar refractivity (Wildman–Crippen MR) is 76.3 cm³/mol. The van der Waals surface area contributed by atoms with Crippen molar-refractivity contribution in [1.82, 2.24) is 15.5 Å². The van der Waals surface area contributed by atoms with Crippen LogP contribution in [0.25, 0.3) is 0 Å². The smallest absolute Gasteiger partial charge is 0.320 e. The van der Waals surface area contributed by atoms with Crippen LogP contribution in [0.5, 0.6) is 0 Å². The maximum absolute atomic E-state index is 5.53. The molecule has 19 heavy (non-hydrogen) atoms. The van der Waals surface area contributed by atoms with Gasteiger partial charge in [-0.2, -0.15) is 0 Å². The molecule has 0 spiro atoms. The quantitative estimate of drug-likeness (QED) is 0.885. The van der Waals surface area contributed by atoms with Crippen LogP contribution < -0.4 is 10.6 Å². The van der Waals surface area contributed by atoms with Gasteiger partial charge in [0.05, 0.1) is 12.2 Å². The molecule has 0 bridgehead atoms. The highest BCUT2D eigenvalue weighted by Gasteiger charge is 2.21. The summed E-state index contributed by atoms with van der Waals surface area (Å²) >= 11 is 3.50. The minimum Gasteiger partial charge on any atom is -0.406 e. The Bertz CT molecular complexity index is 580. The Hall–Kier alpha value is -1.40. The van der Waals surface area contributed by atoms with Gasteiger partial charge in [-0.3, -0.25) is 0 Å². The van der Waals surface area contributed by atoms with E-state index in [0.29, 0.717) is 24.5 Å². The highest BCUT2D eigenvalue weighted by atomic mass is 79.9. The molecule has 100 valence electrons. The third kappa shape index (κ3) is 3.33. The second-order valence-electron chi connectivity index (χ2n) is 4.76. The Morgan fingerprint density at radius 3 is 2.95 bits per heavy atom. The number of nitrogens with one attached hydrogen (secondary N) is 2. The fourth-order valence-corrected chi connectivity index (χ4v) is 2.32. The Labute approximate surface area is 119 Å². The van der Waals surface area contributed by atoms with Gasteiger partial charge in [0.2, 0.25) is 5.89 Å². The molecule has 6 heteroatoms. The van der Waals surface area contributed by atoms with E-state index in [2.05, 4.69) is 36.8 Å². The van der Waals surface area contributed by atoms with Gasteiger partial charge in [-0.1, -0.05) is 11.2 Å². The van der Waals surface area contributed by atoms with Crippen LogP contribution in [-0.2, 0) is 6.54 Å². The molecule has 0 unspecified atom stereocenters. The van der Waals surface area contributed by atoms with Gasteiger partial charge in [0, 0.05) is 10.5 Å². The zero-order valence-corrected chi connectivity index (χ0v) is 12.2. The number of anilines is 2. The largest absolute Gasteiger partial charge is 0.406 e. The monoisotopic (exact) mass is 322 g/mol. The highest BCUT2D eigenvalue weighted by Crippen LogP contribution is 2.26. The standard InChI is InChI=1S/C13H15BrN4O/c1-8-2-5-11(10(14)6-8)16-13-18-17-12(19-13)7-15-9-3-4-9/h2,5-6,9,15H,3-4,7H2,1H3,(H,16,18). The lowest BCUT2D eigenvalue weighted by atomic mass is 10.2. The second-order valence-corrected chi connectivity index (χ2v) is 5.62. The third-order valence-corrected chi connectivity index (χ3v) is 3.61. The average molecular weight is 323 g/mol. The molecule has 1 aliphatic rings. The number of nitrogens with zero attached hydrogens (tertiary/aromatic N) is 2. The van der Waals surface area contributed by atoms with E-state index in [9.17, 15) is 0 Å². The van der Waals surface area contributed by atoms with Gasteiger partial charge in [-0.25, -0.2) is 0 Å². The van der Waals surface area contributed by atoms with Gasteiger partial charge in [0.1, 0.15) is 0 Å². The summed E-state index contributed by atoms with van der Waals surface area (Å²) in [6, 6.07) is 7.09. The van der Waals surface area contributed by atoms with E-state index in [1.807, 2.05) is 25.1 Å². The number of aryl methyl sites for hydroxylation is 1. The van der Waals surface area contributed by atoms with Crippen molar-refractivity contribution in [2.75, 3.05) is 5.32 Å². The van der Waals surface area contributed by atoms with Gasteiger partial charge >= 0.3 is 6.01 Å². The first-order chi connectivity index (χ1) is 9.20. The lowest BCUT2D eigenvalue weighted by Gasteiger charge is -2.04. The maximum atomic E-state index is 5.53. The summed E-state index contributed by atoms with van der Waals surface area (Å²) in [5.74, 6) is 0.609. The molecule has 0 aliphatic heterocycles. The number of aromatic nitrogens is 2. The van der Waals surface area contributed by atoms with Crippen molar-refractivity contribution in [1.29, 1.82) is 0 Å². The lowest BCUT2D eigenvalue weighted by Crippen LogP contribution is -2.15. The fraction of sp³-hybridized carbons (Fsp3) is 0.385. The van der Waals surface area contributed by atoms with Crippen LogP contribution in [-0.4, -0.2) is 16.2 Å². The average Bonchev–Trinajstić information content (AvgIpc) is 3.10. The van der Waals surface area contributed by atoms with Gasteiger partial charge < -0.3 is 15.1 Å². The molecule has 0 radical (unpaired) electrons. The molecule has 2 N–H and O–H groups in total. The van der Waals surface area contributed by atoms with E-state index in [1.54, 1.807) is 0 Å². The number of hydrogen-bond donors (Lipinski definition) is 2. The van der Waals surface area contributed by atoms with Gasteiger partial charge in [-0.15, -0.1) is 5.10 Å². The Balaban J connectivity index is 1.65. The van der Waals surface area contributed by atoms with E-state index < -0.39 is 0 Å². The first-order valence-electron chi connectivity index (χ1n) is 6.29. The minimum absolute atomic E-state index is 0.414. The Kier molecular flexibility index (Phi) is 3.52. The molecule has 1 aliphatic carbocycles. The molecule has 3 rings (SSSR count). The van der Waals surface area contributed by atoms with Crippen molar-refractivity contribution in [3.8, 4) is 0 Å². The minimum atomic E-state index is 0.414. The van der Waals surface area contributed by atoms with E-state index in [-0.39, 0.29) is 0 Å². The Morgan fingerprint density at radius 2 is 2.21 bits per heavy atom. The number of benzene rings is 1. The molecule has 0 saturated heterocycles. The first-order valence-corrected chi connectivity index (χ1v) is 7.09. The van der Waals surface area contributed by atoms with Gasteiger partial charge in [-0.05, 0) is 53.4 Å². The van der Waals surface area contributed by atoms with Crippen LogP contribution in [0.3, 0.4) is 0 Å². The molecule has 1 aromatic carbocycles. The van der Waals surface area contributed by atoms with Crippen molar-refractivity contribution >= 4 is 27.6 Å². The lowest BCUT2D eigenvalue weighted by molar-refractivity contribution is 0.478. The first kappa shape index (κ1) is 12.6. The number of hydrogen-bond acceptors (Lipinski definition) is 5. The molecule has 1 aromatic heterocycles. The topological polar surface area (TPSA) is 63.0 Å².